The highest BCUT2D eigenvalue weighted by Gasteiger charge is 2.29. The number of rotatable bonds is 3. The van der Waals surface area contributed by atoms with Crippen molar-refractivity contribution >= 4 is 17.6 Å². The summed E-state index contributed by atoms with van der Waals surface area (Å²) in [6.07, 6.45) is -3.61. The fourth-order valence-electron chi connectivity index (χ4n) is 4.24. The Balaban J connectivity index is 1.56. The molecule has 2 N–H and O–H groups in total. The fraction of sp³-hybridized carbons (Fsp3) is 0.400. The number of hydrogen-bond acceptors (Lipinski definition) is 8. The Kier molecular flexibility index (Phi) is 10.2. The van der Waals surface area contributed by atoms with Crippen LogP contribution in [0.1, 0.15) is 42.8 Å². The first-order chi connectivity index (χ1) is 20.1. The summed E-state index contributed by atoms with van der Waals surface area (Å²) in [5, 5.41) is 6.34. The standard InChI is InChI=1S/C30H35F3N6O3/c1-20(2)27(40)39-14-4-16-41-25-11-7-23(8-12-25)18-35-28-36-26(37-29(38-28)42-19-30(31,32)33)17-22-5-9-24(10-6-22)21(3)34-13-15-39/h5-12,20,34H,3-4,13-19H2,1-2H3,(H,35,36,37,38). The molecule has 5 heterocycles. The van der Waals surface area contributed by atoms with Crippen LogP contribution in [0, 0.1) is 5.92 Å². The van der Waals surface area contributed by atoms with E-state index in [0.29, 0.717) is 50.7 Å². The van der Waals surface area contributed by atoms with Gasteiger partial charge in [-0.15, -0.1) is 0 Å². The Morgan fingerprint density at radius 3 is 2.43 bits per heavy atom. The van der Waals surface area contributed by atoms with E-state index in [9.17, 15) is 18.0 Å². The lowest BCUT2D eigenvalue weighted by Gasteiger charge is -2.25. The van der Waals surface area contributed by atoms with Crippen LogP contribution in [0.4, 0.5) is 19.1 Å². The predicted molar refractivity (Wildman–Crippen MR) is 153 cm³/mol. The van der Waals surface area contributed by atoms with E-state index in [1.807, 2.05) is 67.3 Å². The van der Waals surface area contributed by atoms with Gasteiger partial charge < -0.3 is 25.0 Å². The Morgan fingerprint density at radius 1 is 1.02 bits per heavy atom. The number of alkyl halides is 3. The number of aromatic nitrogens is 3. The first-order valence-electron chi connectivity index (χ1n) is 13.8. The van der Waals surface area contributed by atoms with Gasteiger partial charge in [-0.05, 0) is 35.2 Å². The largest absolute Gasteiger partial charge is 0.494 e. The van der Waals surface area contributed by atoms with Gasteiger partial charge in [0.05, 0.1) is 6.61 Å². The van der Waals surface area contributed by atoms with E-state index in [0.717, 1.165) is 16.7 Å². The molecule has 2 aromatic carbocycles. The Bertz CT molecular complexity index is 1350. The van der Waals surface area contributed by atoms with E-state index in [1.165, 1.54) is 0 Å². The molecule has 6 bridgehead atoms. The molecular formula is C30H35F3N6O3. The molecular weight excluding hydrogens is 549 g/mol. The van der Waals surface area contributed by atoms with E-state index in [-0.39, 0.29) is 30.0 Å². The number of nitrogens with one attached hydrogen (secondary N) is 2. The molecule has 12 heteroatoms. The zero-order valence-corrected chi connectivity index (χ0v) is 23.7. The van der Waals surface area contributed by atoms with Crippen molar-refractivity contribution in [1.29, 1.82) is 0 Å². The van der Waals surface area contributed by atoms with Gasteiger partial charge in [-0.2, -0.15) is 28.1 Å². The van der Waals surface area contributed by atoms with Gasteiger partial charge >= 0.3 is 12.2 Å². The van der Waals surface area contributed by atoms with Crippen LogP contribution in [0.15, 0.2) is 55.1 Å². The number of hydrogen-bond donors (Lipinski definition) is 2. The minimum Gasteiger partial charge on any atom is -0.494 e. The quantitative estimate of drug-likeness (QED) is 0.451. The van der Waals surface area contributed by atoms with Crippen molar-refractivity contribution in [3.63, 3.8) is 0 Å². The number of nitrogens with zero attached hydrogens (tertiary/aromatic N) is 4. The SMILES string of the molecule is C=C1NCCN(C(=O)C(C)C)CCCOc2ccc(cc2)CNc2nc(nc(OCC(F)(F)F)n2)Cc2ccc1cc2. The van der Waals surface area contributed by atoms with Crippen LogP contribution in [0.25, 0.3) is 5.70 Å². The van der Waals surface area contributed by atoms with Crippen LogP contribution in [-0.2, 0) is 17.8 Å². The summed E-state index contributed by atoms with van der Waals surface area (Å²) >= 11 is 0. The smallest absolute Gasteiger partial charge is 0.422 e. The molecule has 4 aliphatic heterocycles. The molecule has 0 fully saturated rings. The lowest BCUT2D eigenvalue weighted by Crippen LogP contribution is -2.39. The van der Waals surface area contributed by atoms with Gasteiger partial charge in [0.2, 0.25) is 11.9 Å². The van der Waals surface area contributed by atoms with Gasteiger partial charge in [-0.25, -0.2) is 0 Å². The van der Waals surface area contributed by atoms with E-state index < -0.39 is 18.8 Å². The number of ether oxygens (including phenoxy) is 2. The van der Waals surface area contributed by atoms with E-state index >= 15 is 0 Å². The van der Waals surface area contributed by atoms with Crippen LogP contribution in [0.2, 0.25) is 0 Å². The molecule has 0 radical (unpaired) electrons. The number of amides is 1. The van der Waals surface area contributed by atoms with Crippen molar-refractivity contribution < 1.29 is 27.4 Å². The molecule has 1 aromatic heterocycles. The number of carbonyl (C=O) groups excluding carboxylic acids is 1. The second-order valence-electron chi connectivity index (χ2n) is 10.2. The second-order valence-corrected chi connectivity index (χ2v) is 10.2. The summed E-state index contributed by atoms with van der Waals surface area (Å²) in [5.41, 5.74) is 3.30. The topological polar surface area (TPSA) is 102 Å². The van der Waals surface area contributed by atoms with Crippen LogP contribution in [0.5, 0.6) is 11.8 Å². The Morgan fingerprint density at radius 2 is 1.74 bits per heavy atom. The first kappa shape index (κ1) is 30.6. The van der Waals surface area contributed by atoms with Gasteiger partial charge in [0.15, 0.2) is 6.61 Å². The van der Waals surface area contributed by atoms with Gasteiger partial charge in [-0.3, -0.25) is 4.79 Å². The zero-order chi connectivity index (χ0) is 30.1. The molecule has 0 spiro atoms. The lowest BCUT2D eigenvalue weighted by molar-refractivity contribution is -0.154. The molecule has 0 aliphatic carbocycles. The molecule has 0 atom stereocenters. The van der Waals surface area contributed by atoms with Crippen LogP contribution in [0.3, 0.4) is 0 Å². The highest BCUT2D eigenvalue weighted by molar-refractivity contribution is 5.78. The van der Waals surface area contributed by atoms with Gasteiger partial charge in [0, 0.05) is 44.2 Å². The fourth-order valence-corrected chi connectivity index (χ4v) is 4.24. The monoisotopic (exact) mass is 584 g/mol. The Hall–Kier alpha value is -4.35. The maximum Gasteiger partial charge on any atom is 0.422 e. The minimum atomic E-state index is -4.53. The third kappa shape index (κ3) is 9.35. The van der Waals surface area contributed by atoms with Crippen molar-refractivity contribution in [3.8, 4) is 11.8 Å². The third-order valence-electron chi connectivity index (χ3n) is 6.43. The highest BCUT2D eigenvalue weighted by Crippen LogP contribution is 2.20. The van der Waals surface area contributed by atoms with Crippen molar-refractivity contribution in [2.75, 3.05) is 38.2 Å². The average Bonchev–Trinajstić information content (AvgIpc) is 2.96. The van der Waals surface area contributed by atoms with Crippen molar-refractivity contribution in [2.45, 2.75) is 39.4 Å². The summed E-state index contributed by atoms with van der Waals surface area (Å²) in [4.78, 5) is 27.2. The molecule has 9 nitrogen and oxygen atoms in total. The van der Waals surface area contributed by atoms with Crippen molar-refractivity contribution in [2.24, 2.45) is 5.92 Å². The molecule has 42 heavy (non-hydrogen) atoms. The molecule has 0 saturated carbocycles. The molecule has 3 aromatic rings. The second kappa shape index (κ2) is 14.0. The van der Waals surface area contributed by atoms with E-state index in [1.54, 1.807) is 0 Å². The van der Waals surface area contributed by atoms with Crippen LogP contribution >= 0.6 is 0 Å². The van der Waals surface area contributed by atoms with Crippen molar-refractivity contribution in [3.05, 3.63) is 77.6 Å². The maximum atomic E-state index is 12.8. The third-order valence-corrected chi connectivity index (χ3v) is 6.43. The summed E-state index contributed by atoms with van der Waals surface area (Å²) < 4.78 is 49.1. The zero-order valence-electron chi connectivity index (χ0n) is 23.7. The first-order valence-corrected chi connectivity index (χ1v) is 13.8. The molecule has 224 valence electrons. The van der Waals surface area contributed by atoms with Gasteiger partial charge in [0.25, 0.3) is 0 Å². The summed E-state index contributed by atoms with van der Waals surface area (Å²) in [6, 6.07) is 14.5. The summed E-state index contributed by atoms with van der Waals surface area (Å²) in [7, 11) is 0. The van der Waals surface area contributed by atoms with Gasteiger partial charge in [-0.1, -0.05) is 56.8 Å². The lowest BCUT2D eigenvalue weighted by atomic mass is 10.1. The maximum absolute atomic E-state index is 12.8. The normalized spacial score (nSPS) is 15.1. The average molecular weight is 585 g/mol. The number of carbonyl (C=O) groups is 1. The minimum absolute atomic E-state index is 0.0847. The van der Waals surface area contributed by atoms with E-state index in [4.69, 9.17) is 9.47 Å². The molecule has 1 amide bonds. The van der Waals surface area contributed by atoms with Crippen LogP contribution < -0.4 is 20.1 Å². The van der Waals surface area contributed by atoms with E-state index in [2.05, 4.69) is 32.2 Å². The molecule has 0 saturated heterocycles. The molecule has 0 unspecified atom stereocenters. The van der Waals surface area contributed by atoms with Crippen molar-refractivity contribution in [1.82, 2.24) is 25.2 Å². The predicted octanol–water partition coefficient (Wildman–Crippen LogP) is 4.84. The summed E-state index contributed by atoms with van der Waals surface area (Å²) in [6.45, 7) is 8.78. The number of halogens is 3. The number of benzene rings is 2. The summed E-state index contributed by atoms with van der Waals surface area (Å²) in [5.74, 6) is 1.02. The van der Waals surface area contributed by atoms with Crippen LogP contribution in [-0.4, -0.2) is 64.8 Å². The molecule has 4 aliphatic rings. The Labute approximate surface area is 243 Å². The number of anilines is 1. The highest BCUT2D eigenvalue weighted by atomic mass is 19.4. The van der Waals surface area contributed by atoms with Gasteiger partial charge in [0.1, 0.15) is 11.6 Å². The molecule has 7 rings (SSSR count).